The van der Waals surface area contributed by atoms with E-state index in [1.807, 2.05) is 68.0 Å². The molecule has 2 heterocycles. The Morgan fingerprint density at radius 1 is 1.12 bits per heavy atom. The van der Waals surface area contributed by atoms with Crippen molar-refractivity contribution in [3.63, 3.8) is 0 Å². The molecule has 0 amide bonds. The van der Waals surface area contributed by atoms with Crippen molar-refractivity contribution in [3.05, 3.63) is 65.9 Å². The molecule has 3 rings (SSSR count). The van der Waals surface area contributed by atoms with Gasteiger partial charge in [0, 0.05) is 18.3 Å². The van der Waals surface area contributed by atoms with Crippen molar-refractivity contribution < 1.29 is 9.53 Å². The first-order valence-corrected chi connectivity index (χ1v) is 8.11. The van der Waals surface area contributed by atoms with Gasteiger partial charge in [0.15, 0.2) is 0 Å². The van der Waals surface area contributed by atoms with Crippen LogP contribution in [-0.4, -0.2) is 36.0 Å². The van der Waals surface area contributed by atoms with Gasteiger partial charge in [-0.2, -0.15) is 0 Å². The maximum Gasteiger partial charge on any atom is 0.340 e. The predicted octanol–water partition coefficient (Wildman–Crippen LogP) is 3.84. The largest absolute Gasteiger partial charge is 0.462 e. The van der Waals surface area contributed by atoms with Gasteiger partial charge in [-0.05, 0) is 56.4 Å². The summed E-state index contributed by atoms with van der Waals surface area (Å²) in [5.41, 5.74) is 4.69. The van der Waals surface area contributed by atoms with E-state index in [-0.39, 0.29) is 5.97 Å². The van der Waals surface area contributed by atoms with Crippen molar-refractivity contribution in [2.24, 2.45) is 0 Å². The molecule has 0 aliphatic heterocycles. The van der Waals surface area contributed by atoms with E-state index in [1.54, 1.807) is 0 Å². The molecule has 4 heteroatoms. The van der Waals surface area contributed by atoms with Crippen LogP contribution in [0.15, 0.2) is 54.7 Å². The average Bonchev–Trinajstić information content (AvgIpc) is 2.94. The Bertz CT molecular complexity index is 865. The third-order valence-electron chi connectivity index (χ3n) is 3.87. The van der Waals surface area contributed by atoms with Crippen LogP contribution in [-0.2, 0) is 11.3 Å². The van der Waals surface area contributed by atoms with Crippen molar-refractivity contribution in [2.45, 2.75) is 13.5 Å². The van der Waals surface area contributed by atoms with Crippen LogP contribution in [0.25, 0.3) is 16.8 Å². The van der Waals surface area contributed by atoms with Crippen molar-refractivity contribution >= 4 is 11.5 Å². The molecule has 3 aromatic rings. The first-order chi connectivity index (χ1) is 11.6. The second-order valence-electron chi connectivity index (χ2n) is 6.06. The van der Waals surface area contributed by atoms with Crippen LogP contribution in [0.3, 0.4) is 0 Å². The second-order valence-corrected chi connectivity index (χ2v) is 6.06. The molecule has 0 N–H and O–H groups in total. The molecular weight excluding hydrogens is 300 g/mol. The minimum absolute atomic E-state index is 0.283. The average molecular weight is 322 g/mol. The van der Waals surface area contributed by atoms with E-state index in [2.05, 4.69) is 17.0 Å². The van der Waals surface area contributed by atoms with Crippen LogP contribution in [0.4, 0.5) is 0 Å². The molecular formula is C20H22N2O2. The summed E-state index contributed by atoms with van der Waals surface area (Å²) in [5.74, 6) is -0.283. The number of ether oxygens (including phenoxy) is 1. The highest BCUT2D eigenvalue weighted by Gasteiger charge is 2.19. The zero-order valence-corrected chi connectivity index (χ0v) is 14.3. The second kappa shape index (κ2) is 6.89. The first kappa shape index (κ1) is 16.3. The molecule has 124 valence electrons. The third-order valence-corrected chi connectivity index (χ3v) is 3.87. The summed E-state index contributed by atoms with van der Waals surface area (Å²) in [4.78, 5) is 14.6. The number of aromatic nitrogens is 1. The molecule has 0 aliphatic rings. The van der Waals surface area contributed by atoms with Gasteiger partial charge < -0.3 is 14.0 Å². The van der Waals surface area contributed by atoms with Gasteiger partial charge >= 0.3 is 5.97 Å². The number of hydrogen-bond acceptors (Lipinski definition) is 3. The molecule has 0 spiro atoms. The highest BCUT2D eigenvalue weighted by molar-refractivity contribution is 5.99. The molecule has 0 radical (unpaired) electrons. The Kier molecular flexibility index (Phi) is 4.67. The van der Waals surface area contributed by atoms with E-state index in [1.165, 1.54) is 5.56 Å². The fourth-order valence-electron chi connectivity index (χ4n) is 2.96. The number of hydrogen-bond donors (Lipinski definition) is 0. The maximum atomic E-state index is 12.4. The predicted molar refractivity (Wildman–Crippen MR) is 96.2 cm³/mol. The first-order valence-electron chi connectivity index (χ1n) is 8.11. The Morgan fingerprint density at radius 3 is 2.71 bits per heavy atom. The maximum absolute atomic E-state index is 12.4. The lowest BCUT2D eigenvalue weighted by Gasteiger charge is -2.12. The molecule has 0 unspecified atom stereocenters. The summed E-state index contributed by atoms with van der Waals surface area (Å²) in [6.07, 6.45) is 1.98. The number of esters is 1. The van der Waals surface area contributed by atoms with Gasteiger partial charge in [0.25, 0.3) is 0 Å². The number of nitrogens with zero attached hydrogens (tertiary/aromatic N) is 2. The van der Waals surface area contributed by atoms with E-state index in [9.17, 15) is 4.79 Å². The molecule has 2 aromatic heterocycles. The van der Waals surface area contributed by atoms with E-state index in [4.69, 9.17) is 4.74 Å². The zero-order valence-electron chi connectivity index (χ0n) is 14.3. The Hall–Kier alpha value is -2.59. The van der Waals surface area contributed by atoms with Crippen LogP contribution in [0.2, 0.25) is 0 Å². The van der Waals surface area contributed by atoms with Gasteiger partial charge in [0.2, 0.25) is 0 Å². The summed E-state index contributed by atoms with van der Waals surface area (Å²) in [5, 5.41) is 0. The van der Waals surface area contributed by atoms with Crippen molar-refractivity contribution in [1.29, 1.82) is 0 Å². The normalized spacial score (nSPS) is 11.2. The number of fused-ring (bicyclic) bond motifs is 1. The van der Waals surface area contributed by atoms with E-state index >= 15 is 0 Å². The summed E-state index contributed by atoms with van der Waals surface area (Å²) >= 11 is 0. The Balaban J connectivity index is 2.17. The highest BCUT2D eigenvalue weighted by atomic mass is 16.5. The van der Waals surface area contributed by atoms with Crippen molar-refractivity contribution in [2.75, 3.05) is 20.7 Å². The van der Waals surface area contributed by atoms with Crippen LogP contribution >= 0.6 is 0 Å². The standard InChI is InChI=1S/C20H22N2O2/c1-4-24-20(23)18-13-17-10-5-6-11-22(17)19(18)16-9-7-8-15(12-16)14-21(2)3/h5-13H,4,14H2,1-3H3. The quantitative estimate of drug-likeness (QED) is 0.669. The van der Waals surface area contributed by atoms with Gasteiger partial charge in [0.05, 0.1) is 17.9 Å². The summed E-state index contributed by atoms with van der Waals surface area (Å²) in [6.45, 7) is 3.04. The third kappa shape index (κ3) is 3.19. The lowest BCUT2D eigenvalue weighted by Crippen LogP contribution is -2.10. The van der Waals surface area contributed by atoms with Gasteiger partial charge in [-0.25, -0.2) is 4.79 Å². The molecule has 4 nitrogen and oxygen atoms in total. The van der Waals surface area contributed by atoms with Crippen LogP contribution in [0, 0.1) is 0 Å². The molecule has 0 saturated carbocycles. The van der Waals surface area contributed by atoms with Gasteiger partial charge in [0.1, 0.15) is 0 Å². The lowest BCUT2D eigenvalue weighted by molar-refractivity contribution is 0.0527. The van der Waals surface area contributed by atoms with E-state index in [0.717, 1.165) is 23.3 Å². The van der Waals surface area contributed by atoms with Gasteiger partial charge in [-0.15, -0.1) is 0 Å². The van der Waals surface area contributed by atoms with Gasteiger partial charge in [-0.1, -0.05) is 24.3 Å². The number of carbonyl (C=O) groups is 1. The van der Waals surface area contributed by atoms with E-state index < -0.39 is 0 Å². The molecule has 0 aliphatic carbocycles. The molecule has 0 saturated heterocycles. The highest BCUT2D eigenvalue weighted by Crippen LogP contribution is 2.29. The molecule has 24 heavy (non-hydrogen) atoms. The monoisotopic (exact) mass is 322 g/mol. The lowest BCUT2D eigenvalue weighted by atomic mass is 10.0. The minimum Gasteiger partial charge on any atom is -0.462 e. The number of pyridine rings is 1. The van der Waals surface area contributed by atoms with Crippen molar-refractivity contribution in [1.82, 2.24) is 9.30 Å². The van der Waals surface area contributed by atoms with E-state index in [0.29, 0.717) is 12.2 Å². The number of benzene rings is 1. The summed E-state index contributed by atoms with van der Waals surface area (Å²) < 4.78 is 7.30. The topological polar surface area (TPSA) is 34.0 Å². The summed E-state index contributed by atoms with van der Waals surface area (Å²) in [6, 6.07) is 16.1. The summed E-state index contributed by atoms with van der Waals surface area (Å²) in [7, 11) is 4.09. The molecule has 1 aromatic carbocycles. The zero-order chi connectivity index (χ0) is 17.1. The molecule has 0 atom stereocenters. The number of carbonyl (C=O) groups excluding carboxylic acids is 1. The fraction of sp³-hybridized carbons (Fsp3) is 0.250. The van der Waals surface area contributed by atoms with Crippen LogP contribution in [0.1, 0.15) is 22.8 Å². The Morgan fingerprint density at radius 2 is 1.96 bits per heavy atom. The molecule has 0 bridgehead atoms. The van der Waals surface area contributed by atoms with Crippen LogP contribution < -0.4 is 0 Å². The minimum atomic E-state index is -0.283. The Labute approximate surface area is 142 Å². The fourth-order valence-corrected chi connectivity index (χ4v) is 2.96. The number of rotatable bonds is 5. The van der Waals surface area contributed by atoms with Gasteiger partial charge in [-0.3, -0.25) is 0 Å². The SMILES string of the molecule is CCOC(=O)c1cc2ccccn2c1-c1cccc(CN(C)C)c1. The molecule has 0 fully saturated rings. The smallest absolute Gasteiger partial charge is 0.340 e. The van der Waals surface area contributed by atoms with Crippen molar-refractivity contribution in [3.8, 4) is 11.3 Å². The van der Waals surface area contributed by atoms with Crippen LogP contribution in [0.5, 0.6) is 0 Å².